The molecule has 2 amide bonds. The number of benzene rings is 1. The molecular weight excluding hydrogens is 434 g/mol. The van der Waals surface area contributed by atoms with Crippen LogP contribution in [-0.2, 0) is 14.4 Å². The molecule has 0 aliphatic carbocycles. The van der Waals surface area contributed by atoms with Gasteiger partial charge in [-0.25, -0.2) is 0 Å². The van der Waals surface area contributed by atoms with Crippen LogP contribution in [0.15, 0.2) is 30.3 Å². The van der Waals surface area contributed by atoms with Crippen molar-refractivity contribution >= 4 is 30.2 Å². The molecule has 12 heteroatoms. The molecule has 0 aromatic heterocycles. The smallest absolute Gasteiger partial charge is 0.305 e. The number of halogens is 1. The Bertz CT molecular complexity index is 709. The van der Waals surface area contributed by atoms with Gasteiger partial charge in [0.15, 0.2) is 6.10 Å². The summed E-state index contributed by atoms with van der Waals surface area (Å²) in [5.74, 6) is -3.02. The van der Waals surface area contributed by atoms with Crippen LogP contribution in [0, 0.1) is 0 Å². The van der Waals surface area contributed by atoms with E-state index < -0.39 is 67.2 Å². The molecular formula is C19H30ClN3O8. The summed E-state index contributed by atoms with van der Waals surface area (Å²) < 4.78 is 0. The van der Waals surface area contributed by atoms with Crippen molar-refractivity contribution in [3.05, 3.63) is 35.9 Å². The van der Waals surface area contributed by atoms with Gasteiger partial charge in [0.25, 0.3) is 5.91 Å². The van der Waals surface area contributed by atoms with Crippen molar-refractivity contribution in [1.29, 1.82) is 0 Å². The third kappa shape index (κ3) is 8.77. The molecule has 176 valence electrons. The molecule has 0 fully saturated rings. The van der Waals surface area contributed by atoms with Gasteiger partial charge >= 0.3 is 5.97 Å². The molecule has 0 saturated carbocycles. The summed E-state index contributed by atoms with van der Waals surface area (Å²) in [5.41, 5.74) is 6.02. The highest BCUT2D eigenvalue weighted by Gasteiger charge is 2.36. The van der Waals surface area contributed by atoms with E-state index in [4.69, 9.17) is 10.8 Å². The molecule has 6 atom stereocenters. The van der Waals surface area contributed by atoms with Gasteiger partial charge in [0.2, 0.25) is 5.91 Å². The highest BCUT2D eigenvalue weighted by atomic mass is 35.5. The van der Waals surface area contributed by atoms with Crippen molar-refractivity contribution < 1.29 is 39.9 Å². The molecule has 0 spiro atoms. The predicted molar refractivity (Wildman–Crippen MR) is 112 cm³/mol. The highest BCUT2D eigenvalue weighted by Crippen LogP contribution is 2.17. The van der Waals surface area contributed by atoms with Crippen LogP contribution in [0.2, 0.25) is 0 Å². The Morgan fingerprint density at radius 1 is 1.00 bits per heavy atom. The third-order valence-corrected chi connectivity index (χ3v) is 4.55. The Morgan fingerprint density at radius 3 is 2.06 bits per heavy atom. The number of carbonyl (C=O) groups is 3. The lowest BCUT2D eigenvalue weighted by Gasteiger charge is -2.30. The molecule has 0 heterocycles. The Kier molecular flexibility index (Phi) is 12.9. The maximum Gasteiger partial charge on any atom is 0.305 e. The number of carboxylic acids is 1. The third-order valence-electron chi connectivity index (χ3n) is 4.55. The standard InChI is InChI=1S/C19H29N3O8.ClH/c1-2-11(20)18(29)22-13(9-23)15(26)16(27)17(28)19(30)21-12(8-14(24)25)10-6-4-3-5-7-10;/h3-7,11-13,15-17,23,26-28H,2,8-9,20H2,1H3,(H,21,30)(H,22,29)(H,24,25);1H/t11?,12?,13-,15+,16+,17-;/m0./s1. The number of nitrogens with two attached hydrogens (primary N) is 1. The topological polar surface area (TPSA) is 202 Å². The molecule has 0 saturated heterocycles. The van der Waals surface area contributed by atoms with E-state index in [9.17, 15) is 34.8 Å². The molecule has 1 aromatic carbocycles. The number of nitrogens with one attached hydrogen (secondary N) is 2. The highest BCUT2D eigenvalue weighted by molar-refractivity contribution is 5.85. The van der Waals surface area contributed by atoms with Crippen molar-refractivity contribution in [3.63, 3.8) is 0 Å². The number of hydrogen-bond donors (Lipinski definition) is 8. The maximum atomic E-state index is 12.3. The van der Waals surface area contributed by atoms with Gasteiger partial charge in [-0.1, -0.05) is 37.3 Å². The average molecular weight is 464 g/mol. The second-order valence-corrected chi connectivity index (χ2v) is 6.81. The van der Waals surface area contributed by atoms with Crippen LogP contribution >= 0.6 is 12.4 Å². The molecule has 9 N–H and O–H groups in total. The number of carbonyl (C=O) groups excluding carboxylic acids is 2. The van der Waals surface area contributed by atoms with Crippen LogP contribution in [0.3, 0.4) is 0 Å². The van der Waals surface area contributed by atoms with E-state index in [2.05, 4.69) is 10.6 Å². The lowest BCUT2D eigenvalue weighted by Crippen LogP contribution is -2.58. The first-order valence-corrected chi connectivity index (χ1v) is 9.40. The molecule has 0 bridgehead atoms. The van der Waals surface area contributed by atoms with Crippen LogP contribution in [0.4, 0.5) is 0 Å². The molecule has 1 rings (SSSR count). The second kappa shape index (κ2) is 13.9. The first kappa shape index (κ1) is 28.7. The summed E-state index contributed by atoms with van der Waals surface area (Å²) in [6, 6.07) is 4.86. The number of aliphatic hydroxyl groups is 4. The normalized spacial score (nSPS) is 16.6. The Balaban J connectivity index is 0.00000900. The summed E-state index contributed by atoms with van der Waals surface area (Å²) in [4.78, 5) is 35.3. The number of rotatable bonds is 12. The number of carboxylic acid groups (broad SMARTS) is 1. The van der Waals surface area contributed by atoms with E-state index in [0.717, 1.165) is 0 Å². The minimum Gasteiger partial charge on any atom is -0.481 e. The van der Waals surface area contributed by atoms with Gasteiger partial charge in [0.05, 0.1) is 31.2 Å². The summed E-state index contributed by atoms with van der Waals surface area (Å²) in [6.07, 6.45) is -6.34. The second-order valence-electron chi connectivity index (χ2n) is 6.81. The van der Waals surface area contributed by atoms with E-state index in [1.54, 1.807) is 37.3 Å². The lowest BCUT2D eigenvalue weighted by atomic mass is 9.99. The quantitative estimate of drug-likeness (QED) is 0.173. The van der Waals surface area contributed by atoms with Crippen LogP contribution < -0.4 is 16.4 Å². The zero-order valence-corrected chi connectivity index (χ0v) is 17.7. The number of hydrogen-bond acceptors (Lipinski definition) is 8. The summed E-state index contributed by atoms with van der Waals surface area (Å²) in [7, 11) is 0. The molecule has 1 aromatic rings. The van der Waals surface area contributed by atoms with Crippen LogP contribution in [0.5, 0.6) is 0 Å². The zero-order valence-electron chi connectivity index (χ0n) is 16.9. The molecule has 11 nitrogen and oxygen atoms in total. The first-order valence-electron chi connectivity index (χ1n) is 9.40. The van der Waals surface area contributed by atoms with Gasteiger partial charge in [-0.15, -0.1) is 12.4 Å². The largest absolute Gasteiger partial charge is 0.481 e. The Labute approximate surface area is 185 Å². The van der Waals surface area contributed by atoms with Crippen molar-refractivity contribution in [2.75, 3.05) is 6.61 Å². The van der Waals surface area contributed by atoms with E-state index in [1.807, 2.05) is 0 Å². The molecule has 2 unspecified atom stereocenters. The van der Waals surface area contributed by atoms with Crippen molar-refractivity contribution in [2.45, 2.75) is 56.2 Å². The van der Waals surface area contributed by atoms with Gasteiger partial charge in [0, 0.05) is 0 Å². The maximum absolute atomic E-state index is 12.3. The number of aliphatic carboxylic acids is 1. The molecule has 0 radical (unpaired) electrons. The SMILES string of the molecule is CCC(N)C(=O)N[C@@H](CO)[C@@H](O)[C@@H](O)[C@H](O)C(=O)NC(CC(=O)O)c1ccccc1.Cl. The van der Waals surface area contributed by atoms with E-state index >= 15 is 0 Å². The molecule has 0 aliphatic heterocycles. The fraction of sp³-hybridized carbons (Fsp3) is 0.526. The lowest BCUT2D eigenvalue weighted by molar-refractivity contribution is -0.145. The van der Waals surface area contributed by atoms with E-state index in [0.29, 0.717) is 5.56 Å². The van der Waals surface area contributed by atoms with E-state index in [1.165, 1.54) is 0 Å². The zero-order chi connectivity index (χ0) is 22.8. The number of aliphatic hydroxyl groups excluding tert-OH is 4. The molecule has 31 heavy (non-hydrogen) atoms. The van der Waals surface area contributed by atoms with Crippen LogP contribution in [0.25, 0.3) is 0 Å². The van der Waals surface area contributed by atoms with Gasteiger partial charge in [0.1, 0.15) is 12.2 Å². The minimum absolute atomic E-state index is 0. The van der Waals surface area contributed by atoms with Crippen LogP contribution in [0.1, 0.15) is 31.4 Å². The van der Waals surface area contributed by atoms with Crippen molar-refractivity contribution in [3.8, 4) is 0 Å². The number of amides is 2. The van der Waals surface area contributed by atoms with Crippen LogP contribution in [-0.4, -0.2) is 80.3 Å². The summed E-state index contributed by atoms with van der Waals surface area (Å²) in [5, 5.41) is 53.5. The van der Waals surface area contributed by atoms with Gasteiger partial charge in [-0.05, 0) is 12.0 Å². The van der Waals surface area contributed by atoms with E-state index in [-0.39, 0.29) is 18.8 Å². The van der Waals surface area contributed by atoms with Crippen molar-refractivity contribution in [1.82, 2.24) is 10.6 Å². The predicted octanol–water partition coefficient (Wildman–Crippen LogP) is -1.96. The fourth-order valence-corrected chi connectivity index (χ4v) is 2.66. The Morgan fingerprint density at radius 2 is 1.58 bits per heavy atom. The molecule has 0 aliphatic rings. The van der Waals surface area contributed by atoms with Crippen molar-refractivity contribution in [2.24, 2.45) is 5.73 Å². The summed E-state index contributed by atoms with van der Waals surface area (Å²) in [6.45, 7) is 0.859. The van der Waals surface area contributed by atoms with Gasteiger partial charge in [-0.3, -0.25) is 14.4 Å². The monoisotopic (exact) mass is 463 g/mol. The summed E-state index contributed by atoms with van der Waals surface area (Å²) >= 11 is 0. The van der Waals surface area contributed by atoms with Gasteiger partial charge < -0.3 is 41.9 Å². The Hall–Kier alpha value is -2.28. The fourth-order valence-electron chi connectivity index (χ4n) is 2.66. The average Bonchev–Trinajstić information content (AvgIpc) is 2.74. The first-order chi connectivity index (χ1) is 14.1. The minimum atomic E-state index is -2.16. The van der Waals surface area contributed by atoms with Gasteiger partial charge in [-0.2, -0.15) is 0 Å².